The van der Waals surface area contributed by atoms with Crippen molar-refractivity contribution in [1.29, 1.82) is 0 Å². The molecule has 0 aromatic heterocycles. The summed E-state index contributed by atoms with van der Waals surface area (Å²) in [6.07, 6.45) is 0. The maximum absolute atomic E-state index is 12.3. The first-order valence-corrected chi connectivity index (χ1v) is 9.08. The van der Waals surface area contributed by atoms with Crippen LogP contribution in [0.2, 0.25) is 0 Å². The van der Waals surface area contributed by atoms with Gasteiger partial charge in [-0.1, -0.05) is 30.3 Å². The molecule has 0 aliphatic rings. The lowest BCUT2D eigenvalue weighted by Gasteiger charge is -2.13. The van der Waals surface area contributed by atoms with E-state index in [9.17, 15) is 19.7 Å². The second-order valence-corrected chi connectivity index (χ2v) is 6.45. The van der Waals surface area contributed by atoms with Crippen LogP contribution in [0.15, 0.2) is 72.8 Å². The third-order valence-corrected chi connectivity index (χ3v) is 4.11. The molecule has 0 atom stereocenters. The fraction of sp³-hybridized carbons (Fsp3) is 0.0909. The number of anilines is 1. The highest BCUT2D eigenvalue weighted by atomic mass is 16.6. The predicted octanol–water partition coefficient (Wildman–Crippen LogP) is 4.06. The zero-order chi connectivity index (χ0) is 21.5. The van der Waals surface area contributed by atoms with Crippen LogP contribution in [0.1, 0.15) is 15.9 Å². The van der Waals surface area contributed by atoms with Gasteiger partial charge in [0.25, 0.3) is 11.6 Å². The fourth-order valence-corrected chi connectivity index (χ4v) is 2.68. The van der Waals surface area contributed by atoms with Crippen molar-refractivity contribution < 1.29 is 19.2 Å². The summed E-state index contributed by atoms with van der Waals surface area (Å²) in [6, 6.07) is 19.7. The first-order valence-electron chi connectivity index (χ1n) is 9.08. The Bertz CT molecular complexity index is 1100. The highest BCUT2D eigenvalue weighted by Crippen LogP contribution is 2.29. The summed E-state index contributed by atoms with van der Waals surface area (Å²) in [7, 11) is 0. The van der Waals surface area contributed by atoms with Crippen molar-refractivity contribution in [3.63, 3.8) is 0 Å². The smallest absolute Gasteiger partial charge is 0.270 e. The van der Waals surface area contributed by atoms with Gasteiger partial charge in [-0.3, -0.25) is 19.7 Å². The second kappa shape index (κ2) is 9.33. The fourth-order valence-electron chi connectivity index (χ4n) is 2.68. The van der Waals surface area contributed by atoms with Gasteiger partial charge in [0.2, 0.25) is 5.91 Å². The van der Waals surface area contributed by atoms with Crippen LogP contribution in [-0.2, 0) is 4.79 Å². The van der Waals surface area contributed by atoms with Gasteiger partial charge in [-0.05, 0) is 42.8 Å². The molecule has 0 saturated carbocycles. The molecule has 0 unspecified atom stereocenters. The zero-order valence-corrected chi connectivity index (χ0v) is 16.1. The molecule has 2 N–H and O–H groups in total. The molecule has 8 nitrogen and oxygen atoms in total. The van der Waals surface area contributed by atoms with Crippen LogP contribution in [0.4, 0.5) is 11.4 Å². The van der Waals surface area contributed by atoms with Gasteiger partial charge in [0.1, 0.15) is 5.75 Å². The number of nitrogens with zero attached hydrogens (tertiary/aromatic N) is 1. The van der Waals surface area contributed by atoms with Crippen LogP contribution in [0.5, 0.6) is 11.5 Å². The highest BCUT2D eigenvalue weighted by molar-refractivity contribution is 6.00. The number of aryl methyl sites for hydroxylation is 1. The number of carbonyl (C=O) groups excluding carboxylic acids is 2. The molecule has 8 heteroatoms. The average Bonchev–Trinajstić information content (AvgIpc) is 2.73. The van der Waals surface area contributed by atoms with E-state index in [1.807, 2.05) is 31.2 Å². The molecule has 0 spiro atoms. The normalized spacial score (nSPS) is 10.2. The Morgan fingerprint density at radius 2 is 1.77 bits per heavy atom. The summed E-state index contributed by atoms with van der Waals surface area (Å²) in [5.41, 5.74) is 1.39. The minimum absolute atomic E-state index is 0.0974. The lowest BCUT2D eigenvalue weighted by atomic mass is 10.2. The predicted molar refractivity (Wildman–Crippen MR) is 112 cm³/mol. The van der Waals surface area contributed by atoms with Crippen LogP contribution in [-0.4, -0.2) is 23.3 Å². The highest BCUT2D eigenvalue weighted by Gasteiger charge is 2.13. The van der Waals surface area contributed by atoms with Crippen LogP contribution < -0.4 is 15.4 Å². The number of amides is 2. The van der Waals surface area contributed by atoms with Crippen molar-refractivity contribution in [3.05, 3.63) is 94.0 Å². The quantitative estimate of drug-likeness (QED) is 0.455. The molecule has 30 heavy (non-hydrogen) atoms. The molecule has 0 radical (unpaired) electrons. The number of ether oxygens (including phenoxy) is 1. The van der Waals surface area contributed by atoms with Gasteiger partial charge in [-0.2, -0.15) is 0 Å². The Labute approximate surface area is 172 Å². The first-order chi connectivity index (χ1) is 14.4. The van der Waals surface area contributed by atoms with Gasteiger partial charge in [0.15, 0.2) is 5.75 Å². The van der Waals surface area contributed by atoms with Crippen molar-refractivity contribution in [2.24, 2.45) is 0 Å². The third kappa shape index (κ3) is 5.41. The van der Waals surface area contributed by atoms with E-state index in [2.05, 4.69) is 10.6 Å². The monoisotopic (exact) mass is 405 g/mol. The van der Waals surface area contributed by atoms with E-state index in [-0.39, 0.29) is 17.8 Å². The number of nitrogens with one attached hydrogen (secondary N) is 2. The van der Waals surface area contributed by atoms with Gasteiger partial charge in [0.05, 0.1) is 17.2 Å². The molecule has 3 rings (SSSR count). The van der Waals surface area contributed by atoms with Crippen molar-refractivity contribution >= 4 is 23.2 Å². The number of nitro benzene ring substituents is 1. The Morgan fingerprint density at radius 3 is 2.53 bits per heavy atom. The van der Waals surface area contributed by atoms with E-state index in [0.717, 1.165) is 11.6 Å². The number of para-hydroxylation sites is 2. The SMILES string of the molecule is Cc1cccc(Oc2ccccc2NC(=O)CNC(=O)c2cccc([N+](=O)[O-])c2)c1. The number of non-ortho nitro benzene ring substituents is 1. The number of hydrogen-bond donors (Lipinski definition) is 2. The van der Waals surface area contributed by atoms with Crippen molar-refractivity contribution in [2.45, 2.75) is 6.92 Å². The Hall–Kier alpha value is -4.20. The van der Waals surface area contributed by atoms with Gasteiger partial charge in [0, 0.05) is 17.7 Å². The number of carbonyl (C=O) groups is 2. The summed E-state index contributed by atoms with van der Waals surface area (Å²) < 4.78 is 5.86. The summed E-state index contributed by atoms with van der Waals surface area (Å²) in [6.45, 7) is 1.64. The largest absolute Gasteiger partial charge is 0.455 e. The van der Waals surface area contributed by atoms with Crippen LogP contribution in [0.3, 0.4) is 0 Å². The topological polar surface area (TPSA) is 111 Å². The maximum Gasteiger partial charge on any atom is 0.270 e. The lowest BCUT2D eigenvalue weighted by molar-refractivity contribution is -0.384. The van der Waals surface area contributed by atoms with Crippen LogP contribution in [0, 0.1) is 17.0 Å². The van der Waals surface area contributed by atoms with E-state index in [1.165, 1.54) is 18.2 Å². The van der Waals surface area contributed by atoms with E-state index >= 15 is 0 Å². The Kier molecular flexibility index (Phi) is 6.39. The van der Waals surface area contributed by atoms with Crippen molar-refractivity contribution in [3.8, 4) is 11.5 Å². The van der Waals surface area contributed by atoms with E-state index in [0.29, 0.717) is 17.2 Å². The summed E-state index contributed by atoms with van der Waals surface area (Å²) in [5, 5.41) is 16.0. The van der Waals surface area contributed by atoms with E-state index in [4.69, 9.17) is 4.74 Å². The molecule has 2 amide bonds. The lowest BCUT2D eigenvalue weighted by Crippen LogP contribution is -2.32. The number of rotatable bonds is 7. The summed E-state index contributed by atoms with van der Waals surface area (Å²) in [5.74, 6) is 0.0457. The van der Waals surface area contributed by atoms with Crippen molar-refractivity contribution in [1.82, 2.24) is 5.32 Å². The molecule has 3 aromatic carbocycles. The zero-order valence-electron chi connectivity index (χ0n) is 16.1. The van der Waals surface area contributed by atoms with Crippen molar-refractivity contribution in [2.75, 3.05) is 11.9 Å². The molecular weight excluding hydrogens is 386 g/mol. The minimum atomic E-state index is -0.589. The molecule has 3 aromatic rings. The number of benzene rings is 3. The third-order valence-electron chi connectivity index (χ3n) is 4.11. The number of hydrogen-bond acceptors (Lipinski definition) is 5. The molecule has 0 aliphatic heterocycles. The minimum Gasteiger partial charge on any atom is -0.455 e. The summed E-state index contributed by atoms with van der Waals surface area (Å²) in [4.78, 5) is 34.7. The Balaban J connectivity index is 1.62. The van der Waals surface area contributed by atoms with E-state index in [1.54, 1.807) is 24.3 Å². The molecular formula is C22H19N3O5. The first kappa shape index (κ1) is 20.5. The molecule has 0 saturated heterocycles. The van der Waals surface area contributed by atoms with E-state index < -0.39 is 16.7 Å². The van der Waals surface area contributed by atoms with Crippen LogP contribution >= 0.6 is 0 Å². The van der Waals surface area contributed by atoms with Gasteiger partial charge >= 0.3 is 0 Å². The molecule has 0 heterocycles. The van der Waals surface area contributed by atoms with Crippen LogP contribution in [0.25, 0.3) is 0 Å². The molecule has 0 aliphatic carbocycles. The maximum atomic E-state index is 12.3. The molecule has 0 fully saturated rings. The average molecular weight is 405 g/mol. The van der Waals surface area contributed by atoms with Gasteiger partial charge in [-0.25, -0.2) is 0 Å². The van der Waals surface area contributed by atoms with Gasteiger partial charge < -0.3 is 15.4 Å². The molecule has 152 valence electrons. The summed E-state index contributed by atoms with van der Waals surface area (Å²) >= 11 is 0. The van der Waals surface area contributed by atoms with Gasteiger partial charge in [-0.15, -0.1) is 0 Å². The second-order valence-electron chi connectivity index (χ2n) is 6.45. The number of nitro groups is 1. The Morgan fingerprint density at radius 1 is 1.00 bits per heavy atom. The standard InChI is InChI=1S/C22H19N3O5/c1-15-6-4-9-18(12-15)30-20-11-3-2-10-19(20)24-21(26)14-23-22(27)16-7-5-8-17(13-16)25(28)29/h2-13H,14H2,1H3,(H,23,27)(H,24,26). The molecule has 0 bridgehead atoms.